The molecule has 1 aromatic carbocycles. The zero-order valence-electron chi connectivity index (χ0n) is 8.25. The molecule has 6 heteroatoms. The summed E-state index contributed by atoms with van der Waals surface area (Å²) in [5, 5.41) is 13.5. The minimum atomic E-state index is -1.19. The van der Waals surface area contributed by atoms with E-state index in [-0.39, 0.29) is 12.1 Å². The predicted octanol–water partition coefficient (Wildman–Crippen LogP) is 0.446. The summed E-state index contributed by atoms with van der Waals surface area (Å²) >= 11 is 0. The first-order chi connectivity index (χ1) is 7.59. The number of amides is 1. The summed E-state index contributed by atoms with van der Waals surface area (Å²) in [4.78, 5) is 22.2. The third kappa shape index (κ3) is 1.60. The second-order valence-electron chi connectivity index (χ2n) is 3.29. The van der Waals surface area contributed by atoms with Crippen LogP contribution in [0.3, 0.4) is 0 Å². The van der Waals surface area contributed by atoms with Crippen LogP contribution in [0.25, 0.3) is 0 Å². The topological polar surface area (TPSA) is 96.0 Å². The number of carbonyl (C=O) groups is 2. The molecule has 82 valence electrons. The Morgan fingerprint density at radius 2 is 2.12 bits per heavy atom. The second-order valence-corrected chi connectivity index (χ2v) is 3.29. The molecule has 0 aromatic heterocycles. The predicted molar refractivity (Wildman–Crippen MR) is 58.0 cm³/mol. The number of benzene rings is 1. The van der Waals surface area contributed by atoms with E-state index in [4.69, 9.17) is 10.8 Å². The molecule has 1 aliphatic rings. The monoisotopic (exact) mass is 219 g/mol. The molecule has 0 bridgehead atoms. The van der Waals surface area contributed by atoms with Crippen molar-refractivity contribution in [1.82, 2.24) is 0 Å². The van der Waals surface area contributed by atoms with Gasteiger partial charge in [-0.05, 0) is 12.1 Å². The zero-order chi connectivity index (χ0) is 11.7. The number of aliphatic carboxylic acids is 1. The van der Waals surface area contributed by atoms with Gasteiger partial charge < -0.3 is 10.8 Å². The third-order valence-electron chi connectivity index (χ3n) is 2.19. The normalized spacial score (nSPS) is 15.1. The van der Waals surface area contributed by atoms with Gasteiger partial charge >= 0.3 is 5.97 Å². The summed E-state index contributed by atoms with van der Waals surface area (Å²) in [6, 6.07) is 6.66. The fourth-order valence-electron chi connectivity index (χ4n) is 1.42. The lowest BCUT2D eigenvalue weighted by Crippen LogP contribution is -2.20. The first-order valence-corrected chi connectivity index (χ1v) is 4.58. The molecule has 16 heavy (non-hydrogen) atoms. The third-order valence-corrected chi connectivity index (χ3v) is 2.19. The summed E-state index contributed by atoms with van der Waals surface area (Å²) in [5.74, 6) is -1.58. The van der Waals surface area contributed by atoms with Gasteiger partial charge in [-0.2, -0.15) is 10.1 Å². The highest BCUT2D eigenvalue weighted by molar-refractivity contribution is 6.42. The lowest BCUT2D eigenvalue weighted by Gasteiger charge is -2.13. The average Bonchev–Trinajstić information content (AvgIpc) is 2.61. The Balaban J connectivity index is 2.39. The maximum atomic E-state index is 11.5. The van der Waals surface area contributed by atoms with Gasteiger partial charge in [0.2, 0.25) is 0 Å². The van der Waals surface area contributed by atoms with E-state index in [1.165, 1.54) is 0 Å². The Morgan fingerprint density at radius 3 is 2.69 bits per heavy atom. The van der Waals surface area contributed by atoms with E-state index in [0.29, 0.717) is 11.4 Å². The van der Waals surface area contributed by atoms with Gasteiger partial charge in [-0.15, -0.1) is 0 Å². The van der Waals surface area contributed by atoms with Crippen molar-refractivity contribution in [2.75, 3.05) is 10.7 Å². The van der Waals surface area contributed by atoms with Gasteiger partial charge in [0.15, 0.2) is 5.71 Å². The first kappa shape index (κ1) is 10.2. The minimum absolute atomic E-state index is 0.173. The van der Waals surface area contributed by atoms with Crippen LogP contribution in [0.15, 0.2) is 29.4 Å². The molecule has 1 amide bonds. The van der Waals surface area contributed by atoms with Crippen molar-refractivity contribution in [3.05, 3.63) is 24.3 Å². The van der Waals surface area contributed by atoms with Crippen molar-refractivity contribution in [2.24, 2.45) is 5.10 Å². The standard InChI is InChI=1S/C10H9N3O3/c11-6-3-1-2-4-8(6)13-9(14)5-7(12-13)10(15)16/h1-4H,5,11H2,(H,15,16). The summed E-state index contributed by atoms with van der Waals surface area (Å²) in [6.07, 6.45) is -0.205. The molecule has 1 aliphatic heterocycles. The Bertz CT molecular complexity index is 496. The van der Waals surface area contributed by atoms with Gasteiger partial charge in [0, 0.05) is 0 Å². The van der Waals surface area contributed by atoms with Gasteiger partial charge in [0.05, 0.1) is 17.8 Å². The molecule has 0 radical (unpaired) electrons. The van der Waals surface area contributed by atoms with Gasteiger partial charge in [0.25, 0.3) is 5.91 Å². The van der Waals surface area contributed by atoms with Gasteiger partial charge in [-0.1, -0.05) is 12.1 Å². The van der Waals surface area contributed by atoms with Crippen molar-refractivity contribution in [3.8, 4) is 0 Å². The lowest BCUT2D eigenvalue weighted by molar-refractivity contribution is -0.129. The highest BCUT2D eigenvalue weighted by Crippen LogP contribution is 2.26. The van der Waals surface area contributed by atoms with Crippen LogP contribution >= 0.6 is 0 Å². The van der Waals surface area contributed by atoms with Crippen LogP contribution in [0.5, 0.6) is 0 Å². The van der Waals surface area contributed by atoms with E-state index in [1.807, 2.05) is 0 Å². The van der Waals surface area contributed by atoms with Crippen LogP contribution in [0.1, 0.15) is 6.42 Å². The molecule has 1 heterocycles. The van der Waals surface area contributed by atoms with Crippen LogP contribution < -0.4 is 10.7 Å². The molecule has 0 atom stereocenters. The largest absolute Gasteiger partial charge is 0.477 e. The number of hydrazone groups is 1. The number of nitrogens with two attached hydrogens (primary N) is 1. The average molecular weight is 219 g/mol. The number of para-hydroxylation sites is 2. The second kappa shape index (κ2) is 3.65. The van der Waals surface area contributed by atoms with Gasteiger partial charge in [-0.3, -0.25) is 4.79 Å². The fraction of sp³-hybridized carbons (Fsp3) is 0.100. The molecule has 2 rings (SSSR count). The Morgan fingerprint density at radius 1 is 1.44 bits per heavy atom. The van der Waals surface area contributed by atoms with E-state index in [9.17, 15) is 9.59 Å². The minimum Gasteiger partial charge on any atom is -0.477 e. The van der Waals surface area contributed by atoms with Crippen molar-refractivity contribution in [3.63, 3.8) is 0 Å². The summed E-state index contributed by atoms with van der Waals surface area (Å²) in [5.41, 5.74) is 6.29. The van der Waals surface area contributed by atoms with E-state index in [1.54, 1.807) is 24.3 Å². The van der Waals surface area contributed by atoms with Crippen molar-refractivity contribution >= 4 is 29.0 Å². The number of hydrogen-bond acceptors (Lipinski definition) is 4. The number of anilines is 2. The molecule has 0 saturated carbocycles. The smallest absolute Gasteiger partial charge is 0.352 e. The zero-order valence-corrected chi connectivity index (χ0v) is 8.25. The van der Waals surface area contributed by atoms with E-state index in [0.717, 1.165) is 5.01 Å². The maximum absolute atomic E-state index is 11.5. The van der Waals surface area contributed by atoms with Crippen LogP contribution in [-0.4, -0.2) is 22.7 Å². The molecule has 0 spiro atoms. The molecular formula is C10H9N3O3. The van der Waals surface area contributed by atoms with Gasteiger partial charge in [0.1, 0.15) is 0 Å². The number of carboxylic acids is 1. The number of carbonyl (C=O) groups excluding carboxylic acids is 1. The van der Waals surface area contributed by atoms with E-state index < -0.39 is 11.9 Å². The van der Waals surface area contributed by atoms with Crippen LogP contribution in [0.4, 0.5) is 11.4 Å². The van der Waals surface area contributed by atoms with E-state index in [2.05, 4.69) is 5.10 Å². The summed E-state index contributed by atoms with van der Waals surface area (Å²) < 4.78 is 0. The molecule has 3 N–H and O–H groups in total. The SMILES string of the molecule is Nc1ccccc1N1N=C(C(=O)O)CC1=O. The van der Waals surface area contributed by atoms with Crippen molar-refractivity contribution in [2.45, 2.75) is 6.42 Å². The Hall–Kier alpha value is -2.37. The van der Waals surface area contributed by atoms with Crippen LogP contribution in [0.2, 0.25) is 0 Å². The molecule has 0 fully saturated rings. The highest BCUT2D eigenvalue weighted by Gasteiger charge is 2.29. The maximum Gasteiger partial charge on any atom is 0.352 e. The number of hydrogen-bond donors (Lipinski definition) is 2. The van der Waals surface area contributed by atoms with Crippen LogP contribution in [-0.2, 0) is 9.59 Å². The number of nitrogen functional groups attached to an aromatic ring is 1. The lowest BCUT2D eigenvalue weighted by atomic mass is 10.2. The molecule has 0 aliphatic carbocycles. The molecule has 0 unspecified atom stereocenters. The quantitative estimate of drug-likeness (QED) is 0.705. The van der Waals surface area contributed by atoms with Crippen LogP contribution in [0, 0.1) is 0 Å². The summed E-state index contributed by atoms with van der Waals surface area (Å²) in [7, 11) is 0. The Labute approximate surface area is 91.0 Å². The van der Waals surface area contributed by atoms with Crippen molar-refractivity contribution in [1.29, 1.82) is 0 Å². The number of nitrogens with zero attached hydrogens (tertiary/aromatic N) is 2. The first-order valence-electron chi connectivity index (χ1n) is 4.58. The van der Waals surface area contributed by atoms with Crippen molar-refractivity contribution < 1.29 is 14.7 Å². The van der Waals surface area contributed by atoms with E-state index >= 15 is 0 Å². The number of rotatable bonds is 2. The number of carboxylic acid groups (broad SMARTS) is 1. The van der Waals surface area contributed by atoms with Gasteiger partial charge in [-0.25, -0.2) is 4.79 Å². The molecular weight excluding hydrogens is 210 g/mol. The Kier molecular flexibility index (Phi) is 2.32. The fourth-order valence-corrected chi connectivity index (χ4v) is 1.42. The summed E-state index contributed by atoms with van der Waals surface area (Å²) in [6.45, 7) is 0. The highest BCUT2D eigenvalue weighted by atomic mass is 16.4. The molecule has 6 nitrogen and oxygen atoms in total. The molecule has 0 saturated heterocycles. The molecule has 1 aromatic rings.